The fourth-order valence-corrected chi connectivity index (χ4v) is 2.57. The smallest absolute Gasteiger partial charge is 0.229 e. The number of anilines is 3. The van der Waals surface area contributed by atoms with Gasteiger partial charge in [-0.3, -0.25) is 0 Å². The first kappa shape index (κ1) is 14.6. The molecule has 4 heteroatoms. The largest absolute Gasteiger partial charge is 0.350 e. The molecule has 0 spiro atoms. The first-order valence-electron chi connectivity index (χ1n) is 7.69. The van der Waals surface area contributed by atoms with Gasteiger partial charge in [-0.2, -0.15) is 4.98 Å². The SMILES string of the molecule is Cc1ccc(Nc2ncc3c(n2)N(C(C)C)CC=C3)cc1C. The molecule has 0 bridgehead atoms. The highest BCUT2D eigenvalue weighted by atomic mass is 15.2. The molecule has 1 aliphatic rings. The first-order valence-corrected chi connectivity index (χ1v) is 7.69. The first-order chi connectivity index (χ1) is 10.5. The normalized spacial score (nSPS) is 13.4. The molecule has 0 fully saturated rings. The number of rotatable bonds is 3. The molecule has 1 aromatic carbocycles. The van der Waals surface area contributed by atoms with Gasteiger partial charge in [-0.15, -0.1) is 0 Å². The van der Waals surface area contributed by atoms with Crippen molar-refractivity contribution in [3.63, 3.8) is 0 Å². The average Bonchev–Trinajstić information content (AvgIpc) is 2.50. The Morgan fingerprint density at radius 3 is 2.73 bits per heavy atom. The number of nitrogens with one attached hydrogen (secondary N) is 1. The molecule has 0 radical (unpaired) electrons. The zero-order valence-corrected chi connectivity index (χ0v) is 13.6. The minimum Gasteiger partial charge on any atom is -0.350 e. The summed E-state index contributed by atoms with van der Waals surface area (Å²) in [5.41, 5.74) is 4.64. The van der Waals surface area contributed by atoms with Crippen LogP contribution in [-0.2, 0) is 0 Å². The monoisotopic (exact) mass is 294 g/mol. The van der Waals surface area contributed by atoms with Crippen molar-refractivity contribution in [2.24, 2.45) is 0 Å². The molecule has 1 N–H and O–H groups in total. The second kappa shape index (κ2) is 5.79. The maximum Gasteiger partial charge on any atom is 0.229 e. The van der Waals surface area contributed by atoms with E-state index in [4.69, 9.17) is 4.98 Å². The third kappa shape index (κ3) is 2.82. The van der Waals surface area contributed by atoms with Crippen LogP contribution in [0.15, 0.2) is 30.5 Å². The van der Waals surface area contributed by atoms with E-state index in [2.05, 4.69) is 73.2 Å². The molecule has 0 atom stereocenters. The van der Waals surface area contributed by atoms with Gasteiger partial charge >= 0.3 is 0 Å². The Bertz CT molecular complexity index is 719. The van der Waals surface area contributed by atoms with Crippen molar-refractivity contribution in [3.8, 4) is 0 Å². The molecule has 4 nitrogen and oxygen atoms in total. The Balaban J connectivity index is 1.91. The van der Waals surface area contributed by atoms with Crippen LogP contribution in [0.3, 0.4) is 0 Å². The molecule has 0 amide bonds. The topological polar surface area (TPSA) is 41.1 Å². The number of hydrogen-bond donors (Lipinski definition) is 1. The van der Waals surface area contributed by atoms with E-state index >= 15 is 0 Å². The summed E-state index contributed by atoms with van der Waals surface area (Å²) in [6.07, 6.45) is 6.13. The lowest BCUT2D eigenvalue weighted by Crippen LogP contribution is -2.33. The molecule has 3 rings (SSSR count). The van der Waals surface area contributed by atoms with Crippen molar-refractivity contribution in [1.82, 2.24) is 9.97 Å². The van der Waals surface area contributed by atoms with Gasteiger partial charge in [0.2, 0.25) is 5.95 Å². The molecular formula is C18H22N4. The van der Waals surface area contributed by atoms with Gasteiger partial charge < -0.3 is 10.2 Å². The zero-order valence-electron chi connectivity index (χ0n) is 13.6. The molecule has 0 aliphatic carbocycles. The number of fused-ring (bicyclic) bond motifs is 1. The third-order valence-electron chi connectivity index (χ3n) is 4.05. The highest BCUT2D eigenvalue weighted by Gasteiger charge is 2.18. The average molecular weight is 294 g/mol. The summed E-state index contributed by atoms with van der Waals surface area (Å²) in [6.45, 7) is 9.48. The summed E-state index contributed by atoms with van der Waals surface area (Å²) < 4.78 is 0. The van der Waals surface area contributed by atoms with Gasteiger partial charge in [-0.05, 0) is 51.0 Å². The maximum atomic E-state index is 4.72. The molecule has 114 valence electrons. The van der Waals surface area contributed by atoms with Gasteiger partial charge in [0.1, 0.15) is 5.82 Å². The van der Waals surface area contributed by atoms with E-state index in [-0.39, 0.29) is 0 Å². The molecule has 1 aliphatic heterocycles. The number of hydrogen-bond acceptors (Lipinski definition) is 4. The van der Waals surface area contributed by atoms with Crippen LogP contribution in [0.1, 0.15) is 30.5 Å². The molecule has 2 aromatic rings. The van der Waals surface area contributed by atoms with Crippen LogP contribution in [0.25, 0.3) is 6.08 Å². The lowest BCUT2D eigenvalue weighted by molar-refractivity contribution is 0.707. The second-order valence-electron chi connectivity index (χ2n) is 6.05. The predicted octanol–water partition coefficient (Wildman–Crippen LogP) is 4.08. The summed E-state index contributed by atoms with van der Waals surface area (Å²) in [4.78, 5) is 11.4. The van der Waals surface area contributed by atoms with Gasteiger partial charge in [0.05, 0.1) is 0 Å². The van der Waals surface area contributed by atoms with Crippen LogP contribution in [0, 0.1) is 13.8 Å². The summed E-state index contributed by atoms with van der Waals surface area (Å²) in [5, 5.41) is 3.31. The highest BCUT2D eigenvalue weighted by Crippen LogP contribution is 2.27. The van der Waals surface area contributed by atoms with E-state index in [9.17, 15) is 0 Å². The predicted molar refractivity (Wildman–Crippen MR) is 92.7 cm³/mol. The van der Waals surface area contributed by atoms with Gasteiger partial charge in [0.15, 0.2) is 0 Å². The number of aryl methyl sites for hydroxylation is 2. The van der Waals surface area contributed by atoms with Gasteiger partial charge in [-0.1, -0.05) is 18.2 Å². The van der Waals surface area contributed by atoms with Crippen molar-refractivity contribution in [2.45, 2.75) is 33.7 Å². The molecule has 22 heavy (non-hydrogen) atoms. The Morgan fingerprint density at radius 2 is 2.00 bits per heavy atom. The molecule has 0 saturated carbocycles. The van der Waals surface area contributed by atoms with E-state index in [1.54, 1.807) is 0 Å². The van der Waals surface area contributed by atoms with Gasteiger partial charge in [-0.25, -0.2) is 4.98 Å². The Morgan fingerprint density at radius 1 is 1.18 bits per heavy atom. The van der Waals surface area contributed by atoms with Crippen LogP contribution >= 0.6 is 0 Å². The quantitative estimate of drug-likeness (QED) is 0.926. The van der Waals surface area contributed by atoms with E-state index in [1.165, 1.54) is 11.1 Å². The number of benzene rings is 1. The summed E-state index contributed by atoms with van der Waals surface area (Å²) >= 11 is 0. The van der Waals surface area contributed by atoms with Crippen molar-refractivity contribution in [3.05, 3.63) is 47.2 Å². The molecule has 0 unspecified atom stereocenters. The van der Waals surface area contributed by atoms with E-state index < -0.39 is 0 Å². The summed E-state index contributed by atoms with van der Waals surface area (Å²) in [6, 6.07) is 6.70. The van der Waals surface area contributed by atoms with Gasteiger partial charge in [0.25, 0.3) is 0 Å². The lowest BCUT2D eigenvalue weighted by atomic mass is 10.1. The fraction of sp³-hybridized carbons (Fsp3) is 0.333. The number of nitrogens with zero attached hydrogens (tertiary/aromatic N) is 3. The van der Waals surface area contributed by atoms with Crippen molar-refractivity contribution in [2.75, 3.05) is 16.8 Å². The van der Waals surface area contributed by atoms with E-state index in [0.29, 0.717) is 12.0 Å². The van der Waals surface area contributed by atoms with E-state index in [0.717, 1.165) is 23.6 Å². The Kier molecular flexibility index (Phi) is 3.84. The highest BCUT2D eigenvalue weighted by molar-refractivity contribution is 5.69. The molecule has 0 saturated heterocycles. The minimum absolute atomic E-state index is 0.410. The molecular weight excluding hydrogens is 272 g/mol. The second-order valence-corrected chi connectivity index (χ2v) is 6.05. The van der Waals surface area contributed by atoms with Crippen LogP contribution in [-0.4, -0.2) is 22.6 Å². The Labute approximate surface area is 131 Å². The van der Waals surface area contributed by atoms with Crippen LogP contribution < -0.4 is 10.2 Å². The molecule has 1 aromatic heterocycles. The van der Waals surface area contributed by atoms with Gasteiger partial charge in [0, 0.05) is 30.0 Å². The van der Waals surface area contributed by atoms with Crippen LogP contribution in [0.4, 0.5) is 17.5 Å². The van der Waals surface area contributed by atoms with Crippen molar-refractivity contribution >= 4 is 23.5 Å². The third-order valence-corrected chi connectivity index (χ3v) is 4.05. The zero-order chi connectivity index (χ0) is 15.7. The van der Waals surface area contributed by atoms with E-state index in [1.807, 2.05) is 6.20 Å². The summed E-state index contributed by atoms with van der Waals surface area (Å²) in [7, 11) is 0. The minimum atomic E-state index is 0.410. The number of aromatic nitrogens is 2. The Hall–Kier alpha value is -2.36. The fourth-order valence-electron chi connectivity index (χ4n) is 2.57. The standard InChI is InChI=1S/C18H22N4/c1-12(2)22-9-5-6-15-11-19-18(21-17(15)22)20-16-8-7-13(3)14(4)10-16/h5-8,10-12H,9H2,1-4H3,(H,19,20,21). The summed E-state index contributed by atoms with van der Waals surface area (Å²) in [5.74, 6) is 1.64. The van der Waals surface area contributed by atoms with Crippen molar-refractivity contribution in [1.29, 1.82) is 0 Å². The van der Waals surface area contributed by atoms with Crippen molar-refractivity contribution < 1.29 is 0 Å². The lowest BCUT2D eigenvalue weighted by Gasteiger charge is -2.30. The maximum absolute atomic E-state index is 4.72. The molecule has 2 heterocycles. The van der Waals surface area contributed by atoms with Crippen LogP contribution in [0.2, 0.25) is 0 Å². The van der Waals surface area contributed by atoms with Crippen LogP contribution in [0.5, 0.6) is 0 Å².